The number of aryl methyl sites for hydroxylation is 2. The molecule has 5 N–H and O–H groups in total. The smallest absolute Gasteiger partial charge is 0.338 e. The Morgan fingerprint density at radius 1 is 0.447 bits per heavy atom. The third kappa shape index (κ3) is 37.4. The monoisotopic (exact) mass is 2020 g/mol. The molecule has 2 radical (unpaired) electrons. The molecule has 8 aromatic heterocycles. The number of pyridine rings is 4. The number of halogens is 3. The van der Waals surface area contributed by atoms with E-state index in [0.717, 1.165) is 59.8 Å². The second-order valence-corrected chi connectivity index (χ2v) is 30.2. The molecule has 0 amide bonds. The first-order chi connectivity index (χ1) is 53.6. The Bertz CT molecular complexity index is 4390. The van der Waals surface area contributed by atoms with Crippen LogP contribution in [-0.2, 0) is 62.6 Å². The summed E-state index contributed by atoms with van der Waals surface area (Å²) in [4.78, 5) is 45.2. The van der Waals surface area contributed by atoms with Crippen LogP contribution in [0.25, 0.3) is 82.6 Å². The maximum absolute atomic E-state index is 11.3. The third-order valence-electron chi connectivity index (χ3n) is 15.8. The van der Waals surface area contributed by atoms with E-state index in [1.165, 1.54) is 60.0 Å². The topological polar surface area (TPSA) is 199 Å². The molecule has 0 aliphatic carbocycles. The molecule has 22 heteroatoms. The largest absolute Gasteiger partial charge is 0.508 e. The van der Waals surface area contributed by atoms with Gasteiger partial charge in [-0.3, -0.25) is 4.79 Å². The van der Waals surface area contributed by atoms with Gasteiger partial charge in [-0.15, -0.1) is 118 Å². The van der Waals surface area contributed by atoms with Gasteiger partial charge in [0.2, 0.25) is 5.24 Å². The van der Waals surface area contributed by atoms with Crippen LogP contribution in [0.5, 0.6) is 11.5 Å². The molecule has 606 valence electrons. The normalized spacial score (nSPS) is 11.1. The van der Waals surface area contributed by atoms with Crippen LogP contribution in [0.15, 0.2) is 267 Å². The number of nitrogens with zero attached hydrogens (tertiary/aromatic N) is 5. The van der Waals surface area contributed by atoms with Crippen molar-refractivity contribution in [2.75, 3.05) is 25.0 Å². The van der Waals surface area contributed by atoms with E-state index in [-0.39, 0.29) is 58.7 Å². The number of hydrogen-bond donors (Lipinski definition) is 5. The van der Waals surface area contributed by atoms with Crippen molar-refractivity contribution in [1.29, 1.82) is 0 Å². The average Bonchev–Trinajstić information content (AvgIpc) is 1.70. The van der Waals surface area contributed by atoms with Gasteiger partial charge < -0.3 is 55.1 Å². The van der Waals surface area contributed by atoms with E-state index in [4.69, 9.17) is 54.9 Å². The number of hydrogen-bond acceptors (Lipinski definition) is 17. The molecule has 0 bridgehead atoms. The Morgan fingerprint density at radius 3 is 0.930 bits per heavy atom. The van der Waals surface area contributed by atoms with E-state index in [0.29, 0.717) is 49.0 Å². The Morgan fingerprint density at radius 2 is 0.711 bits per heavy atom. The van der Waals surface area contributed by atoms with Crippen LogP contribution in [0.1, 0.15) is 92.7 Å². The number of aromatic nitrogens is 4. The number of thiophene rings is 4. The van der Waals surface area contributed by atoms with E-state index in [2.05, 4.69) is 156 Å². The van der Waals surface area contributed by atoms with E-state index in [1.54, 1.807) is 97.3 Å². The number of allylic oxidation sites excluding steroid dienone is 1. The summed E-state index contributed by atoms with van der Waals surface area (Å²) >= 11 is 21.3. The second-order valence-electron chi connectivity index (χ2n) is 24.9. The van der Waals surface area contributed by atoms with Gasteiger partial charge in [0, 0.05) is 98.9 Å². The molecule has 14 aromatic rings. The van der Waals surface area contributed by atoms with Gasteiger partial charge in [-0.1, -0.05) is 163 Å². The molecular weight excluding hydrogens is 1920 g/mol. The number of benzene rings is 6. The van der Waals surface area contributed by atoms with Crippen LogP contribution in [-0.4, -0.2) is 111 Å². The number of aromatic hydroxyl groups is 1. The number of carbonyl (C=O) groups is 2. The van der Waals surface area contributed by atoms with Crippen molar-refractivity contribution >= 4 is 132 Å². The molecule has 4 atom stereocenters. The maximum Gasteiger partial charge on any atom is 0.338 e. The van der Waals surface area contributed by atoms with Crippen LogP contribution in [0.4, 0.5) is 0 Å². The zero-order valence-corrected chi connectivity index (χ0v) is 74.3. The summed E-state index contributed by atoms with van der Waals surface area (Å²) in [5, 5.41) is 50.9. The molecule has 0 saturated carbocycles. The fourth-order valence-electron chi connectivity index (χ4n) is 10.1. The SMILES string of the molecule is C.C=C(C)C(=O)Cl.C=C(C)C(=O)Oc1ccc(CCC(O)CC(C)O)cc1.CC(O)CC(O)CCc1ccc(O)cc1.CCN(CC)CC.ClCCl.[Ir].[Ir].[c-]1c(-c2ccccn2)sc2ccccc12.[c-]1c(-c2ccccn2)sc2ccccc12.[c-]1c(-c2ccccn2)sc2ccccc12.[c-]1c(-c2ccccn2)sc2ccccc12. The van der Waals surface area contributed by atoms with E-state index in [1.807, 2.05) is 146 Å². The first kappa shape index (κ1) is 100. The number of phenolic OH excluding ortho intramolecular Hbond substituents is 1. The predicted octanol–water partition coefficient (Wildman–Crippen LogP) is 23.5. The van der Waals surface area contributed by atoms with Gasteiger partial charge in [-0.05, 0) is 195 Å². The van der Waals surface area contributed by atoms with Gasteiger partial charge >= 0.3 is 5.97 Å². The number of alkyl halides is 2. The standard InChI is InChI=1S/C16H22O4.4C13H8NS.C12H18O3.C6H15N.C4H5ClO.CH2Cl2.CH4.2Ir/c1-11(2)16(19)20-15-8-5-13(6-9-15)4-7-14(18)10-12(3)17;4*1-2-7-12-10(5-1)9-13(15-12)11-6-3-4-8-14-11;1-9(13)8-12(15)7-4-10-2-5-11(14)6-3-10;1-4-7(5-2)6-3;1-3(2)4(5)6;2-1-3;;;/h5-6,8-9,12,14,17-18H,1,4,7,10H2,2-3H3;4*1-8H;2-3,5-6,9,12-15H,4,7-8H2,1H3;4-6H2,1-3H3;1H2,2H3;1H2;1H4;;/q;4*-1;;;;;;;. The van der Waals surface area contributed by atoms with Crippen molar-refractivity contribution in [3.63, 3.8) is 0 Å². The van der Waals surface area contributed by atoms with E-state index < -0.39 is 35.6 Å². The summed E-state index contributed by atoms with van der Waals surface area (Å²) in [6.07, 6.45) is 8.83. The number of aliphatic hydroxyl groups excluding tert-OH is 4. The fraction of sp³-hybridized carbons (Fsp3) is 0.239. The molecule has 4 unspecified atom stereocenters. The Hall–Kier alpha value is -7.85. The minimum atomic E-state index is -0.504. The number of rotatable bonds is 20. The molecule has 14 rings (SSSR count). The zero-order valence-electron chi connectivity index (χ0n) is 64.0. The first-order valence-corrected chi connectivity index (χ1v) is 40.8. The number of aliphatic hydroxyl groups is 4. The van der Waals surface area contributed by atoms with Crippen LogP contribution >= 0.6 is 80.1 Å². The van der Waals surface area contributed by atoms with Crippen molar-refractivity contribution in [2.45, 2.75) is 119 Å². The molecule has 6 aromatic carbocycles. The Kier molecular flexibility index (Phi) is 49.7. The number of fused-ring (bicyclic) bond motifs is 4. The Balaban J connectivity index is 0.000000340. The van der Waals surface area contributed by atoms with Crippen molar-refractivity contribution in [3.8, 4) is 53.8 Å². The quantitative estimate of drug-likeness (QED) is 0.0121. The van der Waals surface area contributed by atoms with E-state index >= 15 is 0 Å². The summed E-state index contributed by atoms with van der Waals surface area (Å²) in [5.41, 5.74) is 6.86. The molecule has 0 aliphatic rings. The van der Waals surface area contributed by atoms with Gasteiger partial charge in [0.25, 0.3) is 0 Å². The molecule has 8 heterocycles. The molecule has 0 saturated heterocycles. The van der Waals surface area contributed by atoms with Gasteiger partial charge in [0.15, 0.2) is 0 Å². The van der Waals surface area contributed by atoms with Crippen LogP contribution in [0, 0.1) is 24.3 Å². The van der Waals surface area contributed by atoms with Crippen molar-refractivity contribution in [3.05, 3.63) is 303 Å². The molecule has 0 spiro atoms. The second kappa shape index (κ2) is 56.4. The Labute approximate surface area is 730 Å². The van der Waals surface area contributed by atoms with E-state index in [9.17, 15) is 19.8 Å². The number of phenols is 1. The van der Waals surface area contributed by atoms with Gasteiger partial charge in [0.05, 0.1) is 29.8 Å². The molecule has 0 fully saturated rings. The van der Waals surface area contributed by atoms with Gasteiger partial charge in [-0.25, -0.2) is 50.1 Å². The summed E-state index contributed by atoms with van der Waals surface area (Å²) in [6.45, 7) is 23.4. The van der Waals surface area contributed by atoms with Gasteiger partial charge in [0.1, 0.15) is 11.5 Å². The predicted molar refractivity (Wildman–Crippen MR) is 474 cm³/mol. The zero-order chi connectivity index (χ0) is 80.3. The molecule has 13 nitrogen and oxygen atoms in total. The van der Waals surface area contributed by atoms with Crippen molar-refractivity contribution in [1.82, 2.24) is 24.8 Å². The molecule has 0 aliphatic heterocycles. The van der Waals surface area contributed by atoms with Crippen molar-refractivity contribution < 1.29 is 80.1 Å². The summed E-state index contributed by atoms with van der Waals surface area (Å²) in [6, 6.07) is 84.5. The molecular formula is C92H98Cl3Ir2N5O8S4-4. The number of carbonyl (C=O) groups excluding carboxylic acids is 2. The first-order valence-electron chi connectivity index (χ1n) is 36.1. The summed E-state index contributed by atoms with van der Waals surface area (Å²) in [5.74, 6) is 0.291. The summed E-state index contributed by atoms with van der Waals surface area (Å²) in [7, 11) is 0. The average molecular weight is 2020 g/mol. The maximum atomic E-state index is 11.3. The third-order valence-corrected chi connectivity index (χ3v) is 20.5. The number of ether oxygens (including phenoxy) is 1. The number of esters is 1. The van der Waals surface area contributed by atoms with Gasteiger partial charge in [-0.2, -0.15) is 0 Å². The van der Waals surface area contributed by atoms with Crippen molar-refractivity contribution in [2.24, 2.45) is 0 Å². The minimum absolute atomic E-state index is 0. The fourth-order valence-corrected chi connectivity index (χ4v) is 14.0. The van der Waals surface area contributed by atoms with Crippen LogP contribution < -0.4 is 4.74 Å². The minimum Gasteiger partial charge on any atom is -0.508 e. The van der Waals surface area contributed by atoms with Crippen LogP contribution in [0.3, 0.4) is 0 Å². The molecule has 114 heavy (non-hydrogen) atoms. The summed E-state index contributed by atoms with van der Waals surface area (Å²) < 4.78 is 10.1. The van der Waals surface area contributed by atoms with Crippen LogP contribution in [0.2, 0.25) is 0 Å².